The predicted octanol–water partition coefficient (Wildman–Crippen LogP) is 2.86. The molecule has 5 atom stereocenters. The lowest BCUT2D eigenvalue weighted by Gasteiger charge is -2.57. The van der Waals surface area contributed by atoms with Gasteiger partial charge in [-0.15, -0.1) is 0 Å². The van der Waals surface area contributed by atoms with Crippen LogP contribution in [0.4, 0.5) is 0 Å². The van der Waals surface area contributed by atoms with Gasteiger partial charge in [-0.1, -0.05) is 19.9 Å². The third-order valence-corrected chi connectivity index (χ3v) is 6.56. The van der Waals surface area contributed by atoms with Crippen LogP contribution in [-0.4, -0.2) is 33.7 Å². The fourth-order valence-electron chi connectivity index (χ4n) is 4.43. The number of carbonyl (C=O) groups is 2. The van der Waals surface area contributed by atoms with Crippen molar-refractivity contribution >= 4 is 11.8 Å². The summed E-state index contributed by atoms with van der Waals surface area (Å²) in [4.78, 5) is 25.6. The summed E-state index contributed by atoms with van der Waals surface area (Å²) < 4.78 is 11.2. The number of ketones is 1. The standard InChI is InChI=1S/C20H26O6/c1-6-10(2)18(23)26-17-14-11(3)9-25-15(14)16(22)20(24)13(21)8-7-12(4)19(17,20)5/h6,9,12-13,17,21,24H,7-8H2,1-5H3/t12-,13-,17+,19-,20-/m0/s1. The zero-order valence-corrected chi connectivity index (χ0v) is 15.8. The first-order valence-corrected chi connectivity index (χ1v) is 8.97. The second-order valence-electron chi connectivity index (χ2n) is 7.79. The first-order chi connectivity index (χ1) is 12.1. The molecule has 1 aromatic rings. The maximum absolute atomic E-state index is 13.1. The van der Waals surface area contributed by atoms with Crippen molar-refractivity contribution in [2.75, 3.05) is 0 Å². The highest BCUT2D eigenvalue weighted by molar-refractivity contribution is 6.04. The Kier molecular flexibility index (Phi) is 4.40. The van der Waals surface area contributed by atoms with E-state index in [4.69, 9.17) is 9.15 Å². The molecule has 6 nitrogen and oxygen atoms in total. The van der Waals surface area contributed by atoms with Gasteiger partial charge in [0.2, 0.25) is 5.78 Å². The number of aliphatic hydroxyl groups is 2. The summed E-state index contributed by atoms with van der Waals surface area (Å²) in [7, 11) is 0. The van der Waals surface area contributed by atoms with E-state index in [1.54, 1.807) is 33.8 Å². The smallest absolute Gasteiger partial charge is 0.334 e. The summed E-state index contributed by atoms with van der Waals surface area (Å²) in [5, 5.41) is 22.0. The summed E-state index contributed by atoms with van der Waals surface area (Å²) >= 11 is 0. The van der Waals surface area contributed by atoms with Gasteiger partial charge in [0.1, 0.15) is 6.10 Å². The number of aliphatic hydroxyl groups excluding tert-OH is 1. The van der Waals surface area contributed by atoms with E-state index in [2.05, 4.69) is 0 Å². The van der Waals surface area contributed by atoms with Crippen LogP contribution in [0.2, 0.25) is 0 Å². The van der Waals surface area contributed by atoms with Crippen molar-refractivity contribution in [3.8, 4) is 0 Å². The molecule has 3 rings (SSSR count). The minimum absolute atomic E-state index is 0.0356. The van der Waals surface area contributed by atoms with Crippen LogP contribution in [0, 0.1) is 18.3 Å². The van der Waals surface area contributed by atoms with Gasteiger partial charge in [0.15, 0.2) is 11.4 Å². The minimum Gasteiger partial charge on any atom is -0.460 e. The fraction of sp³-hybridized carbons (Fsp3) is 0.600. The first-order valence-electron chi connectivity index (χ1n) is 8.97. The van der Waals surface area contributed by atoms with Crippen LogP contribution < -0.4 is 0 Å². The highest BCUT2D eigenvalue weighted by Gasteiger charge is 2.70. The van der Waals surface area contributed by atoms with Crippen molar-refractivity contribution in [1.29, 1.82) is 0 Å². The quantitative estimate of drug-likeness (QED) is 0.620. The third kappa shape index (κ3) is 2.18. The highest BCUT2D eigenvalue weighted by Crippen LogP contribution is 2.61. The summed E-state index contributed by atoms with van der Waals surface area (Å²) in [6.07, 6.45) is 1.82. The minimum atomic E-state index is -2.07. The van der Waals surface area contributed by atoms with Gasteiger partial charge in [-0.25, -0.2) is 4.79 Å². The monoisotopic (exact) mass is 362 g/mol. The third-order valence-electron chi connectivity index (χ3n) is 6.56. The van der Waals surface area contributed by atoms with Gasteiger partial charge < -0.3 is 19.4 Å². The Bertz CT molecular complexity index is 790. The maximum atomic E-state index is 13.1. The summed E-state index contributed by atoms with van der Waals surface area (Å²) in [5.41, 5.74) is -1.65. The molecule has 1 fully saturated rings. The maximum Gasteiger partial charge on any atom is 0.334 e. The number of hydrogen-bond acceptors (Lipinski definition) is 6. The summed E-state index contributed by atoms with van der Waals surface area (Å²) in [6, 6.07) is 0. The first kappa shape index (κ1) is 18.9. The molecule has 0 amide bonds. The normalized spacial score (nSPS) is 37.1. The van der Waals surface area contributed by atoms with Crippen molar-refractivity contribution in [2.24, 2.45) is 11.3 Å². The molecule has 0 unspecified atom stereocenters. The number of Topliss-reactive ketones (excluding diaryl/α,β-unsaturated/α-hetero) is 1. The molecule has 1 aromatic heterocycles. The number of carbonyl (C=O) groups excluding carboxylic acids is 2. The van der Waals surface area contributed by atoms with Crippen LogP contribution >= 0.6 is 0 Å². The van der Waals surface area contributed by atoms with Crippen LogP contribution in [0.5, 0.6) is 0 Å². The summed E-state index contributed by atoms with van der Waals surface area (Å²) in [5.74, 6) is -1.36. The topological polar surface area (TPSA) is 97.0 Å². The van der Waals surface area contributed by atoms with Gasteiger partial charge in [-0.2, -0.15) is 0 Å². The van der Waals surface area contributed by atoms with Crippen molar-refractivity contribution in [2.45, 2.75) is 65.3 Å². The Morgan fingerprint density at radius 3 is 2.69 bits per heavy atom. The number of aryl methyl sites for hydroxylation is 1. The fourth-order valence-corrected chi connectivity index (χ4v) is 4.43. The average molecular weight is 362 g/mol. The number of furan rings is 1. The van der Waals surface area contributed by atoms with Crippen LogP contribution in [0.15, 0.2) is 22.3 Å². The molecule has 0 spiro atoms. The lowest BCUT2D eigenvalue weighted by molar-refractivity contribution is -0.221. The van der Waals surface area contributed by atoms with Crippen LogP contribution in [-0.2, 0) is 9.53 Å². The molecule has 0 radical (unpaired) electrons. The van der Waals surface area contributed by atoms with Gasteiger partial charge in [-0.05, 0) is 45.1 Å². The Hall–Kier alpha value is -1.92. The Labute approximate surface area is 152 Å². The van der Waals surface area contributed by atoms with E-state index < -0.39 is 35.0 Å². The van der Waals surface area contributed by atoms with E-state index >= 15 is 0 Å². The lowest BCUT2D eigenvalue weighted by atomic mass is 9.50. The lowest BCUT2D eigenvalue weighted by Crippen LogP contribution is -2.69. The van der Waals surface area contributed by atoms with Crippen molar-refractivity contribution in [3.05, 3.63) is 34.8 Å². The number of hydrogen-bond donors (Lipinski definition) is 2. The number of allylic oxidation sites excluding steroid dienone is 1. The largest absolute Gasteiger partial charge is 0.460 e. The van der Waals surface area contributed by atoms with Crippen molar-refractivity contribution < 1.29 is 29.0 Å². The van der Waals surface area contributed by atoms with E-state index in [1.165, 1.54) is 6.26 Å². The number of fused-ring (bicyclic) bond motifs is 2. The van der Waals surface area contributed by atoms with Crippen molar-refractivity contribution in [1.82, 2.24) is 0 Å². The molecule has 6 heteroatoms. The van der Waals surface area contributed by atoms with E-state index in [0.29, 0.717) is 29.5 Å². The number of ether oxygens (including phenoxy) is 1. The predicted molar refractivity (Wildman–Crippen MR) is 93.5 cm³/mol. The molecule has 26 heavy (non-hydrogen) atoms. The Morgan fingerprint density at radius 1 is 1.42 bits per heavy atom. The zero-order valence-electron chi connectivity index (χ0n) is 15.8. The van der Waals surface area contributed by atoms with Crippen LogP contribution in [0.25, 0.3) is 0 Å². The molecule has 1 saturated carbocycles. The Morgan fingerprint density at radius 2 is 2.08 bits per heavy atom. The van der Waals surface area contributed by atoms with E-state index in [1.807, 2.05) is 6.92 Å². The molecule has 2 N–H and O–H groups in total. The Balaban J connectivity index is 2.24. The molecule has 2 aliphatic rings. The molecule has 0 aliphatic heterocycles. The second kappa shape index (κ2) is 6.06. The van der Waals surface area contributed by atoms with Gasteiger partial charge in [0.05, 0.1) is 17.8 Å². The van der Waals surface area contributed by atoms with Gasteiger partial charge in [-0.3, -0.25) is 4.79 Å². The molecule has 0 saturated heterocycles. The average Bonchev–Trinajstić information content (AvgIpc) is 3.00. The zero-order chi connectivity index (χ0) is 19.4. The van der Waals surface area contributed by atoms with Gasteiger partial charge in [0.25, 0.3) is 0 Å². The highest BCUT2D eigenvalue weighted by atomic mass is 16.5. The molecule has 2 aliphatic carbocycles. The molecular formula is C20H26O6. The SMILES string of the molecule is CC=C(C)C(=O)O[C@@H]1c2c(C)coc2C(=O)[C@@]2(O)[C@@H](O)CC[C@H](C)[C@@]12C. The van der Waals surface area contributed by atoms with E-state index in [9.17, 15) is 19.8 Å². The molecule has 0 aromatic carbocycles. The van der Waals surface area contributed by atoms with E-state index in [-0.39, 0.29) is 11.7 Å². The summed E-state index contributed by atoms with van der Waals surface area (Å²) in [6.45, 7) is 8.79. The second-order valence-corrected chi connectivity index (χ2v) is 7.79. The van der Waals surface area contributed by atoms with Crippen LogP contribution in [0.3, 0.4) is 0 Å². The van der Waals surface area contributed by atoms with Gasteiger partial charge in [0, 0.05) is 11.1 Å². The number of rotatable bonds is 2. The molecule has 0 bridgehead atoms. The molecular weight excluding hydrogens is 336 g/mol. The van der Waals surface area contributed by atoms with Gasteiger partial charge >= 0.3 is 5.97 Å². The van der Waals surface area contributed by atoms with Crippen LogP contribution in [0.1, 0.15) is 68.3 Å². The molecule has 1 heterocycles. The number of esters is 1. The van der Waals surface area contributed by atoms with Crippen molar-refractivity contribution in [3.63, 3.8) is 0 Å². The van der Waals surface area contributed by atoms with E-state index in [0.717, 1.165) is 0 Å². The molecule has 142 valence electrons.